The first-order chi connectivity index (χ1) is 16.8. The second-order valence-corrected chi connectivity index (χ2v) is 9.61. The Morgan fingerprint density at radius 3 is 2.63 bits per heavy atom. The third-order valence-corrected chi connectivity index (χ3v) is 6.85. The molecule has 0 aliphatic carbocycles. The topological polar surface area (TPSA) is 83.0 Å². The first kappa shape index (κ1) is 22.9. The molecule has 0 spiro atoms. The van der Waals surface area contributed by atoms with E-state index in [-0.39, 0.29) is 18.0 Å². The van der Waals surface area contributed by atoms with E-state index in [0.29, 0.717) is 10.2 Å². The molecule has 1 amide bonds. The van der Waals surface area contributed by atoms with Crippen molar-refractivity contribution in [1.29, 1.82) is 5.41 Å². The Bertz CT molecular complexity index is 1460. The second-order valence-electron chi connectivity index (χ2n) is 8.57. The van der Waals surface area contributed by atoms with Crippen molar-refractivity contribution < 1.29 is 9.53 Å². The van der Waals surface area contributed by atoms with E-state index < -0.39 is 5.91 Å². The van der Waals surface area contributed by atoms with Crippen molar-refractivity contribution in [1.82, 2.24) is 9.58 Å². The Morgan fingerprint density at radius 1 is 1.06 bits per heavy atom. The molecule has 35 heavy (non-hydrogen) atoms. The van der Waals surface area contributed by atoms with E-state index in [1.807, 2.05) is 57.2 Å². The van der Waals surface area contributed by atoms with Crippen molar-refractivity contribution in [2.45, 2.75) is 27.7 Å². The first-order valence-electron chi connectivity index (χ1n) is 11.3. The molecule has 0 saturated heterocycles. The number of hydrogen-bond donors (Lipinski definition) is 1. The van der Waals surface area contributed by atoms with Crippen LogP contribution in [0.3, 0.4) is 0 Å². The van der Waals surface area contributed by atoms with Gasteiger partial charge in [-0.1, -0.05) is 30.3 Å². The monoisotopic (exact) mass is 483 g/mol. The third kappa shape index (κ3) is 4.33. The molecule has 2 aliphatic rings. The van der Waals surface area contributed by atoms with Gasteiger partial charge in [0, 0.05) is 17.1 Å². The highest BCUT2D eigenvalue weighted by molar-refractivity contribution is 8.27. The lowest BCUT2D eigenvalue weighted by molar-refractivity contribution is -0.114. The van der Waals surface area contributed by atoms with Gasteiger partial charge in [-0.25, -0.2) is 0 Å². The number of aromatic nitrogens is 1. The Labute approximate surface area is 208 Å². The van der Waals surface area contributed by atoms with E-state index in [9.17, 15) is 4.79 Å². The quantitative estimate of drug-likeness (QED) is 0.492. The summed E-state index contributed by atoms with van der Waals surface area (Å²) in [6.45, 7) is 8.33. The van der Waals surface area contributed by atoms with Gasteiger partial charge in [0.25, 0.3) is 5.91 Å². The number of carbonyl (C=O) groups is 1. The zero-order chi connectivity index (χ0) is 24.7. The van der Waals surface area contributed by atoms with Crippen LogP contribution in [0, 0.1) is 33.1 Å². The average Bonchev–Trinajstić information content (AvgIpc) is 3.35. The maximum Gasteiger partial charge on any atom is 0.283 e. The lowest BCUT2D eigenvalue weighted by atomic mass is 10.1. The van der Waals surface area contributed by atoms with Gasteiger partial charge < -0.3 is 9.30 Å². The molecule has 3 aromatic rings. The summed E-state index contributed by atoms with van der Waals surface area (Å²) in [6, 6.07) is 18.1. The second kappa shape index (κ2) is 9.03. The van der Waals surface area contributed by atoms with Gasteiger partial charge >= 0.3 is 0 Å². The van der Waals surface area contributed by atoms with Gasteiger partial charge in [0.05, 0.1) is 5.57 Å². The summed E-state index contributed by atoms with van der Waals surface area (Å²) in [5.74, 6) is 0.349. The molecule has 0 atom stereocenters. The van der Waals surface area contributed by atoms with Gasteiger partial charge in [-0.05, 0) is 86.5 Å². The van der Waals surface area contributed by atoms with Crippen molar-refractivity contribution in [3.8, 4) is 11.4 Å². The molecule has 176 valence electrons. The number of aliphatic imine (C=N–C) groups is 1. The first-order valence-corrected chi connectivity index (χ1v) is 12.1. The number of aryl methyl sites for hydroxylation is 3. The Balaban J connectivity index is 1.41. The van der Waals surface area contributed by atoms with Crippen molar-refractivity contribution in [3.05, 3.63) is 88.2 Å². The predicted molar refractivity (Wildman–Crippen MR) is 142 cm³/mol. The molecule has 1 N–H and O–H groups in total. The fourth-order valence-electron chi connectivity index (χ4n) is 4.20. The van der Waals surface area contributed by atoms with Crippen LogP contribution in [-0.4, -0.2) is 38.1 Å². The summed E-state index contributed by atoms with van der Waals surface area (Å²) in [6.07, 6.45) is 1.74. The highest BCUT2D eigenvalue weighted by Crippen LogP contribution is 2.30. The number of nitrogens with zero attached hydrogens (tertiary/aromatic N) is 4. The molecule has 2 aliphatic heterocycles. The lowest BCUT2D eigenvalue weighted by Crippen LogP contribution is -2.35. The molecule has 7 nitrogen and oxygen atoms in total. The average molecular weight is 484 g/mol. The molecule has 3 heterocycles. The molecule has 1 aromatic heterocycles. The fraction of sp³-hybridized carbons (Fsp3) is 0.185. The standard InChI is InChI=1S/C27H25N5O2S/c1-16-8-7-10-21(12-16)31-18(3)13-20(19(31)4)14-22-25(28)32-27(29-26(22)33)35-24(30-32)15-34-23-11-6-5-9-17(23)2/h5-14,28H,15H2,1-4H3/b22-14-,28-25?. The number of ether oxygens (including phenoxy) is 1. The summed E-state index contributed by atoms with van der Waals surface area (Å²) >= 11 is 1.25. The number of hydrogen-bond acceptors (Lipinski definition) is 5. The fourth-order valence-corrected chi connectivity index (χ4v) is 5.00. The van der Waals surface area contributed by atoms with Crippen LogP contribution in [0.15, 0.2) is 70.3 Å². The number of amides is 1. The van der Waals surface area contributed by atoms with Crippen molar-refractivity contribution in [3.63, 3.8) is 0 Å². The molecule has 0 radical (unpaired) electrons. The molecule has 0 fully saturated rings. The normalized spacial score (nSPS) is 16.5. The van der Waals surface area contributed by atoms with Crippen LogP contribution >= 0.6 is 11.8 Å². The van der Waals surface area contributed by atoms with Crippen LogP contribution in [0.4, 0.5) is 0 Å². The SMILES string of the molecule is Cc1cccc(-n2c(C)cc(/C=C3/C(=N)N4N=C(COc5ccccc5C)SC4=NC3=O)c2C)c1. The number of carbonyl (C=O) groups excluding carboxylic acids is 1. The molecule has 8 heteroatoms. The summed E-state index contributed by atoms with van der Waals surface area (Å²) in [5, 5.41) is 15.6. The highest BCUT2D eigenvalue weighted by atomic mass is 32.2. The van der Waals surface area contributed by atoms with E-state index in [1.165, 1.54) is 22.3 Å². The number of rotatable bonds is 5. The number of thioether (sulfide) groups is 1. The maximum absolute atomic E-state index is 12.9. The summed E-state index contributed by atoms with van der Waals surface area (Å²) in [4.78, 5) is 17.1. The molecule has 0 saturated carbocycles. The molecule has 0 bridgehead atoms. The zero-order valence-corrected chi connectivity index (χ0v) is 20.8. The molecular weight excluding hydrogens is 458 g/mol. The van der Waals surface area contributed by atoms with Crippen molar-refractivity contribution in [2.24, 2.45) is 10.1 Å². The van der Waals surface area contributed by atoms with E-state index >= 15 is 0 Å². The predicted octanol–water partition coefficient (Wildman–Crippen LogP) is 5.41. The maximum atomic E-state index is 12.9. The number of fused-ring (bicyclic) bond motifs is 1. The van der Waals surface area contributed by atoms with Crippen LogP contribution in [0.2, 0.25) is 0 Å². The van der Waals surface area contributed by atoms with E-state index in [0.717, 1.165) is 34.0 Å². The Kier molecular flexibility index (Phi) is 5.90. The van der Waals surface area contributed by atoms with E-state index in [2.05, 4.69) is 39.8 Å². The lowest BCUT2D eigenvalue weighted by Gasteiger charge is -2.20. The van der Waals surface area contributed by atoms with Crippen LogP contribution < -0.4 is 4.74 Å². The largest absolute Gasteiger partial charge is 0.486 e. The molecule has 0 unspecified atom stereocenters. The summed E-state index contributed by atoms with van der Waals surface area (Å²) in [5.41, 5.74) is 6.38. The van der Waals surface area contributed by atoms with Crippen molar-refractivity contribution >= 4 is 39.8 Å². The number of amidine groups is 2. The molecule has 2 aromatic carbocycles. The van der Waals surface area contributed by atoms with Crippen LogP contribution in [0.5, 0.6) is 5.75 Å². The Hall–Kier alpha value is -3.91. The van der Waals surface area contributed by atoms with Gasteiger partial charge in [0.1, 0.15) is 17.4 Å². The minimum absolute atomic E-state index is 0.0127. The number of para-hydroxylation sites is 1. The van der Waals surface area contributed by atoms with Gasteiger partial charge in [0.2, 0.25) is 5.17 Å². The zero-order valence-electron chi connectivity index (χ0n) is 20.0. The minimum atomic E-state index is -0.439. The number of nitrogens with one attached hydrogen (secondary N) is 1. The van der Waals surface area contributed by atoms with Crippen LogP contribution in [0.1, 0.15) is 28.1 Å². The molecule has 5 rings (SSSR count). The van der Waals surface area contributed by atoms with Gasteiger partial charge in [0.15, 0.2) is 5.84 Å². The van der Waals surface area contributed by atoms with E-state index in [4.69, 9.17) is 10.1 Å². The van der Waals surface area contributed by atoms with Crippen molar-refractivity contribution in [2.75, 3.05) is 6.61 Å². The molecular formula is C27H25N5O2S. The summed E-state index contributed by atoms with van der Waals surface area (Å²) < 4.78 is 8.04. The van der Waals surface area contributed by atoms with Gasteiger partial charge in [-0.3, -0.25) is 10.2 Å². The van der Waals surface area contributed by atoms with E-state index in [1.54, 1.807) is 6.08 Å². The number of hydrazone groups is 1. The van der Waals surface area contributed by atoms with Gasteiger partial charge in [-0.15, -0.1) is 0 Å². The third-order valence-electron chi connectivity index (χ3n) is 5.97. The highest BCUT2D eigenvalue weighted by Gasteiger charge is 2.36. The Morgan fingerprint density at radius 2 is 1.86 bits per heavy atom. The minimum Gasteiger partial charge on any atom is -0.486 e. The van der Waals surface area contributed by atoms with Gasteiger partial charge in [-0.2, -0.15) is 15.1 Å². The van der Waals surface area contributed by atoms with Crippen LogP contribution in [-0.2, 0) is 4.79 Å². The smallest absolute Gasteiger partial charge is 0.283 e. The summed E-state index contributed by atoms with van der Waals surface area (Å²) in [7, 11) is 0. The van der Waals surface area contributed by atoms with Crippen LogP contribution in [0.25, 0.3) is 11.8 Å². The number of benzene rings is 2.